The molecule has 1 unspecified atom stereocenters. The highest BCUT2D eigenvalue weighted by atomic mass is 35.5. The lowest BCUT2D eigenvalue weighted by molar-refractivity contribution is -0.135. The number of halogens is 1. The molecule has 13 heavy (non-hydrogen) atoms. The van der Waals surface area contributed by atoms with Gasteiger partial charge < -0.3 is 15.3 Å². The number of carbonyl (C=O) groups excluding carboxylic acids is 1. The number of hydrogen-bond acceptors (Lipinski definition) is 4. The van der Waals surface area contributed by atoms with E-state index in [-0.39, 0.29) is 17.0 Å². The molecule has 0 aliphatic rings. The summed E-state index contributed by atoms with van der Waals surface area (Å²) in [5.74, 6) is -1.08. The number of methoxy groups -OCH3 is 1. The maximum absolute atomic E-state index is 11.1. The van der Waals surface area contributed by atoms with Gasteiger partial charge in [-0.1, -0.05) is 0 Å². The molecule has 0 aromatic carbocycles. The highest BCUT2D eigenvalue weighted by molar-refractivity contribution is 6.24. The lowest BCUT2D eigenvalue weighted by Crippen LogP contribution is -2.17. The minimum Gasteiger partial charge on any atom is -0.510 e. The first-order valence-electron chi connectivity index (χ1n) is 3.62. The quantitative estimate of drug-likeness (QED) is 0.242. The second kappa shape index (κ2) is 4.87. The Labute approximate surface area is 81.7 Å². The summed E-state index contributed by atoms with van der Waals surface area (Å²) >= 11 is 5.56. The van der Waals surface area contributed by atoms with Gasteiger partial charge in [-0.05, 0) is 13.8 Å². The van der Waals surface area contributed by atoms with Gasteiger partial charge >= 0.3 is 5.97 Å². The number of aliphatic hydroxyl groups is 1. The molecule has 0 rings (SSSR count). The van der Waals surface area contributed by atoms with Crippen LogP contribution in [0.1, 0.15) is 13.8 Å². The summed E-state index contributed by atoms with van der Waals surface area (Å²) in [6, 6.07) is 0. The van der Waals surface area contributed by atoms with Crippen molar-refractivity contribution in [1.82, 2.24) is 0 Å². The number of alkyl halides is 1. The summed E-state index contributed by atoms with van der Waals surface area (Å²) in [6.45, 7) is 2.88. The Morgan fingerprint density at radius 3 is 2.31 bits per heavy atom. The van der Waals surface area contributed by atoms with Crippen molar-refractivity contribution in [2.45, 2.75) is 19.2 Å². The molecule has 0 bridgehead atoms. The van der Waals surface area contributed by atoms with Crippen molar-refractivity contribution in [3.63, 3.8) is 0 Å². The molecular formula is C8H12ClNO3. The predicted octanol–water partition coefficient (Wildman–Crippen LogP) is 1.64. The molecule has 0 saturated carbocycles. The third-order valence-corrected chi connectivity index (χ3v) is 1.60. The number of aliphatic hydroxyl groups excluding tert-OH is 1. The van der Waals surface area contributed by atoms with Gasteiger partial charge in [0.2, 0.25) is 0 Å². The van der Waals surface area contributed by atoms with Crippen LogP contribution in [0.25, 0.3) is 0 Å². The highest BCUT2D eigenvalue weighted by Gasteiger charge is 2.20. The predicted molar refractivity (Wildman–Crippen MR) is 50.4 cm³/mol. The number of hydrogen-bond donors (Lipinski definition) is 2. The van der Waals surface area contributed by atoms with Crippen molar-refractivity contribution >= 4 is 23.3 Å². The van der Waals surface area contributed by atoms with E-state index in [0.29, 0.717) is 0 Å². The van der Waals surface area contributed by atoms with Gasteiger partial charge in [0.05, 0.1) is 12.5 Å². The molecular weight excluding hydrogens is 194 g/mol. The van der Waals surface area contributed by atoms with Crippen molar-refractivity contribution in [2.75, 3.05) is 7.11 Å². The number of nitrogens with one attached hydrogen (secondary N) is 1. The average Bonchev–Trinajstić information content (AvgIpc) is 2.03. The van der Waals surface area contributed by atoms with E-state index in [9.17, 15) is 9.90 Å². The zero-order valence-corrected chi connectivity index (χ0v) is 8.47. The van der Waals surface area contributed by atoms with Gasteiger partial charge in [-0.25, -0.2) is 4.79 Å². The van der Waals surface area contributed by atoms with Crippen LogP contribution < -0.4 is 0 Å². The molecule has 0 fully saturated rings. The van der Waals surface area contributed by atoms with Crippen molar-refractivity contribution < 1.29 is 14.6 Å². The van der Waals surface area contributed by atoms with Gasteiger partial charge in [0.25, 0.3) is 0 Å². The standard InChI is InChI=1S/C8H12ClNO3/c1-4(9)7(11)6(5(2)10)8(12)13-3/h4,10-11H,1-3H3. The molecule has 74 valence electrons. The summed E-state index contributed by atoms with van der Waals surface area (Å²) in [4.78, 5) is 11.1. The summed E-state index contributed by atoms with van der Waals surface area (Å²) in [5.41, 5.74) is -0.248. The van der Waals surface area contributed by atoms with Gasteiger partial charge in [-0.2, -0.15) is 0 Å². The Morgan fingerprint density at radius 2 is 2.08 bits per heavy atom. The first-order valence-corrected chi connectivity index (χ1v) is 4.06. The van der Waals surface area contributed by atoms with Gasteiger partial charge in [0.15, 0.2) is 0 Å². The van der Waals surface area contributed by atoms with Crippen LogP contribution in [0.4, 0.5) is 0 Å². The fraction of sp³-hybridized carbons (Fsp3) is 0.500. The van der Waals surface area contributed by atoms with Crippen LogP contribution in [0.5, 0.6) is 0 Å². The van der Waals surface area contributed by atoms with Crippen LogP contribution in [0.3, 0.4) is 0 Å². The maximum Gasteiger partial charge on any atom is 0.343 e. The molecule has 1 atom stereocenters. The molecule has 0 aliphatic heterocycles. The third kappa shape index (κ3) is 3.06. The fourth-order valence-corrected chi connectivity index (χ4v) is 0.860. The van der Waals surface area contributed by atoms with E-state index in [1.165, 1.54) is 21.0 Å². The van der Waals surface area contributed by atoms with E-state index < -0.39 is 11.3 Å². The first-order chi connectivity index (χ1) is 5.91. The van der Waals surface area contributed by atoms with Crippen LogP contribution >= 0.6 is 11.6 Å². The van der Waals surface area contributed by atoms with E-state index in [2.05, 4.69) is 4.74 Å². The Hall–Kier alpha value is -1.03. The minimum absolute atomic E-state index is 0.0724. The Kier molecular flexibility index (Phi) is 4.48. The molecule has 0 spiro atoms. The molecule has 0 aromatic rings. The van der Waals surface area contributed by atoms with Crippen LogP contribution in [0.2, 0.25) is 0 Å². The van der Waals surface area contributed by atoms with Gasteiger partial charge in [0, 0.05) is 5.71 Å². The molecule has 0 amide bonds. The largest absolute Gasteiger partial charge is 0.510 e. The Balaban J connectivity index is 5.12. The van der Waals surface area contributed by atoms with Gasteiger partial charge in [-0.3, -0.25) is 0 Å². The number of ether oxygens (including phenoxy) is 1. The number of allylic oxidation sites excluding steroid dienone is 1. The fourth-order valence-electron chi connectivity index (χ4n) is 0.751. The van der Waals surface area contributed by atoms with Crippen molar-refractivity contribution in [3.8, 4) is 0 Å². The molecule has 0 aliphatic carbocycles. The number of rotatable bonds is 3. The lowest BCUT2D eigenvalue weighted by Gasteiger charge is -2.08. The van der Waals surface area contributed by atoms with E-state index in [0.717, 1.165) is 0 Å². The van der Waals surface area contributed by atoms with E-state index in [1.54, 1.807) is 0 Å². The molecule has 4 nitrogen and oxygen atoms in total. The first kappa shape index (κ1) is 12.0. The second-order valence-corrected chi connectivity index (χ2v) is 3.15. The summed E-state index contributed by atoms with van der Waals surface area (Å²) in [6.07, 6.45) is 0. The monoisotopic (exact) mass is 205 g/mol. The molecule has 0 heterocycles. The molecule has 0 aromatic heterocycles. The second-order valence-electron chi connectivity index (χ2n) is 2.49. The summed E-state index contributed by atoms with van der Waals surface area (Å²) in [5, 5.41) is 15.9. The normalized spacial score (nSPS) is 14.5. The van der Waals surface area contributed by atoms with E-state index >= 15 is 0 Å². The van der Waals surface area contributed by atoms with E-state index in [1.807, 2.05) is 0 Å². The minimum atomic E-state index is -0.752. The van der Waals surface area contributed by atoms with Crippen LogP contribution in [0.15, 0.2) is 11.3 Å². The van der Waals surface area contributed by atoms with E-state index in [4.69, 9.17) is 17.0 Å². The lowest BCUT2D eigenvalue weighted by atomic mass is 10.1. The maximum atomic E-state index is 11.1. The number of esters is 1. The Bertz CT molecular complexity index is 258. The topological polar surface area (TPSA) is 70.4 Å². The highest BCUT2D eigenvalue weighted by Crippen LogP contribution is 2.13. The van der Waals surface area contributed by atoms with Gasteiger partial charge in [-0.15, -0.1) is 11.6 Å². The SMILES string of the molecule is COC(=O)C(C(C)=N)=C(O)C(C)Cl. The Morgan fingerprint density at radius 1 is 1.62 bits per heavy atom. The van der Waals surface area contributed by atoms with Crippen molar-refractivity contribution in [3.05, 3.63) is 11.3 Å². The van der Waals surface area contributed by atoms with Crippen LogP contribution in [-0.4, -0.2) is 29.3 Å². The van der Waals surface area contributed by atoms with Crippen molar-refractivity contribution in [1.29, 1.82) is 5.41 Å². The van der Waals surface area contributed by atoms with Gasteiger partial charge in [0.1, 0.15) is 11.3 Å². The summed E-state index contributed by atoms with van der Waals surface area (Å²) < 4.78 is 4.39. The molecule has 2 N–H and O–H groups in total. The summed E-state index contributed by atoms with van der Waals surface area (Å²) in [7, 11) is 1.18. The van der Waals surface area contributed by atoms with Crippen LogP contribution in [-0.2, 0) is 9.53 Å². The molecule has 0 radical (unpaired) electrons. The molecule has 5 heteroatoms. The van der Waals surface area contributed by atoms with Crippen molar-refractivity contribution in [2.24, 2.45) is 0 Å². The smallest absolute Gasteiger partial charge is 0.343 e. The zero-order chi connectivity index (χ0) is 10.6. The van der Waals surface area contributed by atoms with Crippen LogP contribution in [0, 0.1) is 5.41 Å². The average molecular weight is 206 g/mol. The number of carbonyl (C=O) groups is 1. The molecule has 0 saturated heterocycles. The zero-order valence-electron chi connectivity index (χ0n) is 7.72. The third-order valence-electron chi connectivity index (χ3n) is 1.40.